The Morgan fingerprint density at radius 2 is 1.95 bits per heavy atom. The number of sulfonamides is 1. The van der Waals surface area contributed by atoms with Gasteiger partial charge in [0.15, 0.2) is 0 Å². The molecule has 1 aliphatic carbocycles. The summed E-state index contributed by atoms with van der Waals surface area (Å²) in [6, 6.07) is 7.11. The summed E-state index contributed by atoms with van der Waals surface area (Å²) in [5.41, 5.74) is 0.425. The standard InChI is InChI=1S/C15H24N2O3S/c1-17(14-7-3-4-8-14)11-10-16-21(19,20)15-9-5-2-6-13(15)12-18/h2,5-6,9,14,16,18H,3-4,7-8,10-12H2,1H3. The maximum Gasteiger partial charge on any atom is 0.240 e. The molecule has 0 atom stereocenters. The summed E-state index contributed by atoms with van der Waals surface area (Å²) < 4.78 is 27.2. The smallest absolute Gasteiger partial charge is 0.240 e. The average molecular weight is 312 g/mol. The highest BCUT2D eigenvalue weighted by molar-refractivity contribution is 7.89. The van der Waals surface area contributed by atoms with Gasteiger partial charge in [-0.3, -0.25) is 0 Å². The molecule has 0 spiro atoms. The summed E-state index contributed by atoms with van der Waals surface area (Å²) in [5, 5.41) is 9.24. The zero-order chi connectivity index (χ0) is 15.3. The highest BCUT2D eigenvalue weighted by atomic mass is 32.2. The number of hydrogen-bond acceptors (Lipinski definition) is 4. The quantitative estimate of drug-likeness (QED) is 0.797. The molecular formula is C15H24N2O3S. The summed E-state index contributed by atoms with van der Waals surface area (Å²) in [7, 11) is -1.51. The number of rotatable bonds is 7. The highest BCUT2D eigenvalue weighted by Gasteiger charge is 2.21. The first-order chi connectivity index (χ1) is 10.0. The Balaban J connectivity index is 1.92. The van der Waals surface area contributed by atoms with Crippen LogP contribution in [0.5, 0.6) is 0 Å². The van der Waals surface area contributed by atoms with Crippen molar-refractivity contribution in [3.63, 3.8) is 0 Å². The minimum Gasteiger partial charge on any atom is -0.392 e. The zero-order valence-corrected chi connectivity index (χ0v) is 13.3. The van der Waals surface area contributed by atoms with Crippen molar-refractivity contribution in [1.82, 2.24) is 9.62 Å². The number of benzene rings is 1. The van der Waals surface area contributed by atoms with Crippen molar-refractivity contribution in [2.75, 3.05) is 20.1 Å². The highest BCUT2D eigenvalue weighted by Crippen LogP contribution is 2.22. The summed E-state index contributed by atoms with van der Waals surface area (Å²) in [6.45, 7) is 0.805. The van der Waals surface area contributed by atoms with E-state index in [2.05, 4.69) is 9.62 Å². The topological polar surface area (TPSA) is 69.6 Å². The third-order valence-electron chi connectivity index (χ3n) is 4.14. The van der Waals surface area contributed by atoms with Crippen LogP contribution in [0.3, 0.4) is 0 Å². The maximum atomic E-state index is 12.3. The van der Waals surface area contributed by atoms with Gasteiger partial charge in [-0.05, 0) is 31.5 Å². The van der Waals surface area contributed by atoms with Crippen molar-refractivity contribution in [2.45, 2.75) is 43.2 Å². The van der Waals surface area contributed by atoms with E-state index in [1.165, 1.54) is 31.7 Å². The van der Waals surface area contributed by atoms with Crippen molar-refractivity contribution >= 4 is 10.0 Å². The molecule has 2 N–H and O–H groups in total. The van der Waals surface area contributed by atoms with Crippen LogP contribution in [-0.4, -0.2) is 44.6 Å². The molecule has 0 unspecified atom stereocenters. The van der Waals surface area contributed by atoms with Crippen molar-refractivity contribution in [1.29, 1.82) is 0 Å². The minimum absolute atomic E-state index is 0.163. The molecule has 1 saturated carbocycles. The van der Waals surface area contributed by atoms with Gasteiger partial charge in [0.2, 0.25) is 10.0 Å². The predicted molar refractivity (Wildman–Crippen MR) is 82.4 cm³/mol. The first kappa shape index (κ1) is 16.4. The van der Waals surface area contributed by atoms with Crippen LogP contribution in [0.25, 0.3) is 0 Å². The molecule has 1 aliphatic rings. The number of nitrogens with zero attached hydrogens (tertiary/aromatic N) is 1. The molecule has 0 amide bonds. The molecule has 118 valence electrons. The normalized spacial score (nSPS) is 16.7. The molecule has 0 saturated heterocycles. The van der Waals surface area contributed by atoms with Crippen molar-refractivity contribution in [3.8, 4) is 0 Å². The third kappa shape index (κ3) is 4.26. The second kappa shape index (κ2) is 7.35. The first-order valence-corrected chi connectivity index (χ1v) is 8.91. The SMILES string of the molecule is CN(CCNS(=O)(=O)c1ccccc1CO)C1CCCC1. The van der Waals surface area contributed by atoms with Crippen LogP contribution in [0.2, 0.25) is 0 Å². The lowest BCUT2D eigenvalue weighted by Gasteiger charge is -2.24. The van der Waals surface area contributed by atoms with E-state index >= 15 is 0 Å². The van der Waals surface area contributed by atoms with Gasteiger partial charge in [-0.25, -0.2) is 13.1 Å². The number of aliphatic hydroxyl groups excluding tert-OH is 1. The fraction of sp³-hybridized carbons (Fsp3) is 0.600. The third-order valence-corrected chi connectivity index (χ3v) is 5.70. The van der Waals surface area contributed by atoms with Crippen molar-refractivity contribution in [2.24, 2.45) is 0 Å². The molecule has 6 heteroatoms. The van der Waals surface area contributed by atoms with Gasteiger partial charge in [0.05, 0.1) is 11.5 Å². The van der Waals surface area contributed by atoms with Crippen LogP contribution in [0, 0.1) is 0 Å². The van der Waals surface area contributed by atoms with E-state index in [9.17, 15) is 13.5 Å². The lowest BCUT2D eigenvalue weighted by Crippen LogP contribution is -2.37. The van der Waals surface area contributed by atoms with Crippen LogP contribution < -0.4 is 4.72 Å². The number of hydrogen-bond donors (Lipinski definition) is 2. The van der Waals surface area contributed by atoms with Gasteiger partial charge in [0.25, 0.3) is 0 Å². The average Bonchev–Trinajstić information content (AvgIpc) is 3.01. The largest absolute Gasteiger partial charge is 0.392 e. The van der Waals surface area contributed by atoms with Gasteiger partial charge in [-0.2, -0.15) is 0 Å². The van der Waals surface area contributed by atoms with Gasteiger partial charge < -0.3 is 10.0 Å². The van der Waals surface area contributed by atoms with Gasteiger partial charge in [-0.15, -0.1) is 0 Å². The zero-order valence-electron chi connectivity index (χ0n) is 12.5. The molecule has 0 aliphatic heterocycles. The van der Waals surface area contributed by atoms with E-state index in [1.807, 2.05) is 7.05 Å². The molecule has 1 aromatic carbocycles. The van der Waals surface area contributed by atoms with Gasteiger partial charge in [0.1, 0.15) is 0 Å². The van der Waals surface area contributed by atoms with Gasteiger partial charge >= 0.3 is 0 Å². The van der Waals surface area contributed by atoms with E-state index in [4.69, 9.17) is 0 Å². The number of aliphatic hydroxyl groups is 1. The molecule has 0 aromatic heterocycles. The summed E-state index contributed by atoms with van der Waals surface area (Å²) in [6.07, 6.45) is 4.95. The molecule has 0 radical (unpaired) electrons. The fourth-order valence-corrected chi connectivity index (χ4v) is 4.11. The predicted octanol–water partition coefficient (Wildman–Crippen LogP) is 1.33. The Morgan fingerprint density at radius 1 is 1.29 bits per heavy atom. The van der Waals surface area contributed by atoms with E-state index < -0.39 is 10.0 Å². The van der Waals surface area contributed by atoms with Crippen LogP contribution in [0.15, 0.2) is 29.2 Å². The minimum atomic E-state index is -3.56. The number of nitrogens with one attached hydrogen (secondary N) is 1. The Labute approximate surface area is 127 Å². The first-order valence-electron chi connectivity index (χ1n) is 7.43. The molecule has 21 heavy (non-hydrogen) atoms. The lowest BCUT2D eigenvalue weighted by atomic mass is 10.2. The van der Waals surface area contributed by atoms with Crippen molar-refractivity contribution in [3.05, 3.63) is 29.8 Å². The van der Waals surface area contributed by atoms with Crippen LogP contribution >= 0.6 is 0 Å². The Bertz CT molecular complexity index is 554. The number of likely N-dealkylation sites (N-methyl/N-ethyl adjacent to an activating group) is 1. The maximum absolute atomic E-state index is 12.3. The molecule has 2 rings (SSSR count). The second-order valence-corrected chi connectivity index (χ2v) is 7.32. The lowest BCUT2D eigenvalue weighted by molar-refractivity contribution is 0.250. The van der Waals surface area contributed by atoms with Crippen LogP contribution in [0.4, 0.5) is 0 Å². The Hall–Kier alpha value is -0.950. The fourth-order valence-electron chi connectivity index (χ4n) is 2.86. The molecule has 5 nitrogen and oxygen atoms in total. The van der Waals surface area contributed by atoms with E-state index in [1.54, 1.807) is 18.2 Å². The van der Waals surface area contributed by atoms with Crippen LogP contribution in [0.1, 0.15) is 31.2 Å². The second-order valence-electron chi connectivity index (χ2n) is 5.58. The molecular weight excluding hydrogens is 288 g/mol. The summed E-state index contributed by atoms with van der Waals surface area (Å²) in [4.78, 5) is 2.39. The van der Waals surface area contributed by atoms with Crippen LogP contribution in [-0.2, 0) is 16.6 Å². The Kier molecular flexibility index (Phi) is 5.75. The Morgan fingerprint density at radius 3 is 2.62 bits per heavy atom. The van der Waals surface area contributed by atoms with E-state index in [0.717, 1.165) is 0 Å². The van der Waals surface area contributed by atoms with Gasteiger partial charge in [0, 0.05) is 19.1 Å². The van der Waals surface area contributed by atoms with Crippen molar-refractivity contribution < 1.29 is 13.5 Å². The van der Waals surface area contributed by atoms with Gasteiger partial charge in [-0.1, -0.05) is 31.0 Å². The molecule has 1 aromatic rings. The summed E-state index contributed by atoms with van der Waals surface area (Å²) >= 11 is 0. The van der Waals surface area contributed by atoms with E-state index in [0.29, 0.717) is 24.7 Å². The molecule has 1 fully saturated rings. The van der Waals surface area contributed by atoms with E-state index in [-0.39, 0.29) is 11.5 Å². The molecule has 0 heterocycles. The molecule has 0 bridgehead atoms. The monoisotopic (exact) mass is 312 g/mol. The summed E-state index contributed by atoms with van der Waals surface area (Å²) in [5.74, 6) is 0.